The molecule has 29 heavy (non-hydrogen) atoms. The van der Waals surface area contributed by atoms with Crippen LogP contribution in [0.4, 0.5) is 5.69 Å². The summed E-state index contributed by atoms with van der Waals surface area (Å²) in [5.74, 6) is -1.54. The normalized spacial score (nSPS) is 15.6. The molecular formula is C20H22N2O6S. The van der Waals surface area contributed by atoms with Crippen molar-refractivity contribution >= 4 is 27.6 Å². The molecule has 2 aromatic carbocycles. The van der Waals surface area contributed by atoms with Crippen LogP contribution in [0.3, 0.4) is 0 Å². The molecule has 1 atom stereocenters. The molecule has 0 aliphatic carbocycles. The number of hydrogen-bond donors (Lipinski definition) is 2. The largest absolute Gasteiger partial charge is 0.453 e. The minimum atomic E-state index is -3.52. The van der Waals surface area contributed by atoms with Crippen LogP contribution < -0.4 is 5.32 Å². The van der Waals surface area contributed by atoms with Gasteiger partial charge in [-0.1, -0.05) is 30.3 Å². The predicted octanol–water partition coefficient (Wildman–Crippen LogP) is 1.69. The summed E-state index contributed by atoms with van der Waals surface area (Å²) in [6.07, 6.45) is 0.231. The summed E-state index contributed by atoms with van der Waals surface area (Å²) in [4.78, 5) is 24.0. The number of ether oxygens (including phenoxy) is 1. The van der Waals surface area contributed by atoms with E-state index in [1.807, 2.05) is 0 Å². The second-order valence-corrected chi connectivity index (χ2v) is 8.54. The number of sulfonamides is 1. The highest BCUT2D eigenvalue weighted by molar-refractivity contribution is 7.89. The van der Waals surface area contributed by atoms with E-state index in [4.69, 9.17) is 4.74 Å². The number of esters is 1. The van der Waals surface area contributed by atoms with Crippen LogP contribution in [0, 0.1) is 0 Å². The predicted molar refractivity (Wildman–Crippen MR) is 105 cm³/mol. The van der Waals surface area contributed by atoms with Crippen LogP contribution >= 0.6 is 0 Å². The number of carbonyl (C=O) groups is 2. The van der Waals surface area contributed by atoms with Gasteiger partial charge in [0.05, 0.1) is 4.90 Å². The standard InChI is InChI=1S/C20H22N2O6S/c23-18(14-28-20(25)19(24)15-6-2-1-3-7-15)21-16-8-10-17(11-9-16)29(26,27)22-12-4-5-13-22/h1-3,6-11,19,24H,4-5,12-14H2,(H,21,23)/t19-/m0/s1. The summed E-state index contributed by atoms with van der Waals surface area (Å²) in [5, 5.41) is 12.4. The van der Waals surface area contributed by atoms with Gasteiger partial charge in [-0.2, -0.15) is 4.31 Å². The van der Waals surface area contributed by atoms with Crippen LogP contribution in [0.1, 0.15) is 24.5 Å². The Bertz CT molecular complexity index is 954. The minimum absolute atomic E-state index is 0.162. The fraction of sp³-hybridized carbons (Fsp3) is 0.300. The smallest absolute Gasteiger partial charge is 0.340 e. The molecule has 1 aliphatic rings. The number of carbonyl (C=O) groups excluding carboxylic acids is 2. The number of benzene rings is 2. The van der Waals surface area contributed by atoms with Gasteiger partial charge in [0.2, 0.25) is 10.0 Å². The topological polar surface area (TPSA) is 113 Å². The van der Waals surface area contributed by atoms with Gasteiger partial charge in [-0.15, -0.1) is 0 Å². The Kier molecular flexibility index (Phi) is 6.63. The van der Waals surface area contributed by atoms with E-state index in [-0.39, 0.29) is 4.90 Å². The highest BCUT2D eigenvalue weighted by Gasteiger charge is 2.27. The van der Waals surface area contributed by atoms with E-state index in [1.54, 1.807) is 30.3 Å². The summed E-state index contributed by atoms with van der Waals surface area (Å²) in [6.45, 7) is 0.457. The number of nitrogens with one attached hydrogen (secondary N) is 1. The molecule has 0 spiro atoms. The second kappa shape index (κ2) is 9.17. The summed E-state index contributed by atoms with van der Waals surface area (Å²) >= 11 is 0. The quantitative estimate of drug-likeness (QED) is 0.662. The second-order valence-electron chi connectivity index (χ2n) is 6.60. The SMILES string of the molecule is O=C(COC(=O)[C@@H](O)c1ccccc1)Nc1ccc(S(=O)(=O)N2CCCC2)cc1. The average Bonchev–Trinajstić information content (AvgIpc) is 3.28. The van der Waals surface area contributed by atoms with Crippen molar-refractivity contribution in [3.05, 3.63) is 60.2 Å². The summed E-state index contributed by atoms with van der Waals surface area (Å²) < 4.78 is 31.2. The zero-order chi connectivity index (χ0) is 20.9. The zero-order valence-corrected chi connectivity index (χ0v) is 16.5. The van der Waals surface area contributed by atoms with Gasteiger partial charge >= 0.3 is 5.97 Å². The van der Waals surface area contributed by atoms with Crippen LogP contribution in [-0.2, 0) is 24.3 Å². The van der Waals surface area contributed by atoms with E-state index in [9.17, 15) is 23.1 Å². The number of amides is 1. The molecule has 0 bridgehead atoms. The van der Waals surface area contributed by atoms with Crippen LogP contribution in [0.15, 0.2) is 59.5 Å². The lowest BCUT2D eigenvalue weighted by Crippen LogP contribution is -2.27. The summed E-state index contributed by atoms with van der Waals surface area (Å²) in [7, 11) is -3.52. The van der Waals surface area contributed by atoms with Gasteiger partial charge in [-0.05, 0) is 42.7 Å². The first-order valence-corrected chi connectivity index (χ1v) is 10.6. The van der Waals surface area contributed by atoms with E-state index in [2.05, 4.69) is 5.32 Å². The third kappa shape index (κ3) is 5.20. The lowest BCUT2D eigenvalue weighted by Gasteiger charge is -2.15. The van der Waals surface area contributed by atoms with Crippen molar-refractivity contribution in [1.82, 2.24) is 4.31 Å². The van der Waals surface area contributed by atoms with Crippen LogP contribution in [0.25, 0.3) is 0 Å². The van der Waals surface area contributed by atoms with E-state index >= 15 is 0 Å². The highest BCUT2D eigenvalue weighted by Crippen LogP contribution is 2.22. The van der Waals surface area contributed by atoms with Crippen molar-refractivity contribution in [2.24, 2.45) is 0 Å². The molecule has 1 heterocycles. The third-order valence-electron chi connectivity index (χ3n) is 4.52. The third-order valence-corrected chi connectivity index (χ3v) is 6.44. The Balaban J connectivity index is 1.52. The number of aliphatic hydroxyl groups is 1. The Labute approximate surface area is 169 Å². The minimum Gasteiger partial charge on any atom is -0.453 e. The monoisotopic (exact) mass is 418 g/mol. The first kappa shape index (κ1) is 21.0. The van der Waals surface area contributed by atoms with Gasteiger partial charge in [-0.25, -0.2) is 13.2 Å². The molecule has 0 unspecified atom stereocenters. The van der Waals surface area contributed by atoms with E-state index in [1.165, 1.54) is 28.6 Å². The Morgan fingerprint density at radius 3 is 2.28 bits per heavy atom. The number of hydrogen-bond acceptors (Lipinski definition) is 6. The van der Waals surface area contributed by atoms with Gasteiger partial charge in [-0.3, -0.25) is 4.79 Å². The lowest BCUT2D eigenvalue weighted by atomic mass is 10.1. The maximum absolute atomic E-state index is 12.5. The summed E-state index contributed by atoms with van der Waals surface area (Å²) in [6, 6.07) is 14.0. The maximum Gasteiger partial charge on any atom is 0.340 e. The molecule has 0 saturated carbocycles. The van der Waals surface area contributed by atoms with E-state index in [0.29, 0.717) is 24.3 Å². The molecule has 1 saturated heterocycles. The highest BCUT2D eigenvalue weighted by atomic mass is 32.2. The van der Waals surface area contributed by atoms with Crippen molar-refractivity contribution in [1.29, 1.82) is 0 Å². The fourth-order valence-electron chi connectivity index (χ4n) is 2.97. The Morgan fingerprint density at radius 2 is 1.66 bits per heavy atom. The van der Waals surface area contributed by atoms with Crippen molar-refractivity contribution in [2.75, 3.05) is 25.0 Å². The average molecular weight is 418 g/mol. The molecule has 1 amide bonds. The van der Waals surface area contributed by atoms with Crippen molar-refractivity contribution in [2.45, 2.75) is 23.8 Å². The molecule has 0 radical (unpaired) electrons. The molecular weight excluding hydrogens is 396 g/mol. The molecule has 2 aromatic rings. The first-order valence-electron chi connectivity index (χ1n) is 9.17. The van der Waals surface area contributed by atoms with Crippen LogP contribution in [0.5, 0.6) is 0 Å². The number of anilines is 1. The van der Waals surface area contributed by atoms with Gasteiger partial charge in [0.1, 0.15) is 0 Å². The summed E-state index contributed by atoms with van der Waals surface area (Å²) in [5.41, 5.74) is 0.739. The molecule has 0 aromatic heterocycles. The maximum atomic E-state index is 12.5. The van der Waals surface area contributed by atoms with Crippen LogP contribution in [-0.4, -0.2) is 49.4 Å². The van der Waals surface area contributed by atoms with E-state index < -0.39 is 34.6 Å². The van der Waals surface area contributed by atoms with Crippen molar-refractivity contribution < 1.29 is 27.9 Å². The first-order chi connectivity index (χ1) is 13.9. The number of rotatable bonds is 7. The number of nitrogens with zero attached hydrogens (tertiary/aromatic N) is 1. The van der Waals surface area contributed by atoms with Crippen LogP contribution in [0.2, 0.25) is 0 Å². The molecule has 3 rings (SSSR count). The van der Waals surface area contributed by atoms with Gasteiger partial charge in [0.15, 0.2) is 12.7 Å². The fourth-order valence-corrected chi connectivity index (χ4v) is 4.49. The number of aliphatic hydroxyl groups excluding tert-OH is 1. The molecule has 2 N–H and O–H groups in total. The Morgan fingerprint density at radius 1 is 1.03 bits per heavy atom. The van der Waals surface area contributed by atoms with Crippen molar-refractivity contribution in [3.8, 4) is 0 Å². The van der Waals surface area contributed by atoms with Gasteiger partial charge in [0.25, 0.3) is 5.91 Å². The molecule has 1 fully saturated rings. The lowest BCUT2D eigenvalue weighted by molar-refractivity contribution is -0.156. The van der Waals surface area contributed by atoms with Gasteiger partial charge in [0, 0.05) is 18.8 Å². The molecule has 154 valence electrons. The van der Waals surface area contributed by atoms with E-state index in [0.717, 1.165) is 12.8 Å². The van der Waals surface area contributed by atoms with Gasteiger partial charge < -0.3 is 15.2 Å². The Hall–Kier alpha value is -2.75. The molecule has 9 heteroatoms. The van der Waals surface area contributed by atoms with Crippen molar-refractivity contribution in [3.63, 3.8) is 0 Å². The zero-order valence-electron chi connectivity index (χ0n) is 15.7. The molecule has 1 aliphatic heterocycles. The molecule has 8 nitrogen and oxygen atoms in total.